The van der Waals surface area contributed by atoms with Gasteiger partial charge in [0.05, 0.1) is 0 Å². The van der Waals surface area contributed by atoms with Crippen molar-refractivity contribution in [3.05, 3.63) is 23.9 Å². The van der Waals surface area contributed by atoms with Crippen LogP contribution in [-0.4, -0.2) is 65.9 Å². The number of carbonyl (C=O) groups excluding carboxylic acids is 2. The number of piperazine rings is 1. The first kappa shape index (κ1) is 15.4. The SMILES string of the molecule is Cc1ccc(NC(=O)C(=O)N2CCN(CCN)CC2)nc1. The maximum atomic E-state index is 12.1. The number of nitrogens with two attached hydrogens (primary N) is 1. The lowest BCUT2D eigenvalue weighted by molar-refractivity contribution is -0.144. The number of amides is 2. The van der Waals surface area contributed by atoms with Crippen LogP contribution in [0.2, 0.25) is 0 Å². The smallest absolute Gasteiger partial charge is 0.315 e. The molecule has 1 fully saturated rings. The molecule has 0 bridgehead atoms. The van der Waals surface area contributed by atoms with E-state index in [0.717, 1.165) is 25.2 Å². The largest absolute Gasteiger partial charge is 0.332 e. The monoisotopic (exact) mass is 291 g/mol. The molecule has 7 heteroatoms. The normalized spacial score (nSPS) is 15.8. The van der Waals surface area contributed by atoms with Gasteiger partial charge in [0.2, 0.25) is 0 Å². The predicted molar refractivity (Wildman–Crippen MR) is 79.7 cm³/mol. The summed E-state index contributed by atoms with van der Waals surface area (Å²) in [7, 11) is 0. The Morgan fingerprint density at radius 2 is 2.00 bits per heavy atom. The van der Waals surface area contributed by atoms with Gasteiger partial charge < -0.3 is 16.0 Å². The van der Waals surface area contributed by atoms with Crippen LogP contribution in [0.1, 0.15) is 5.56 Å². The van der Waals surface area contributed by atoms with Gasteiger partial charge in [-0.2, -0.15) is 0 Å². The third kappa shape index (κ3) is 4.24. The second-order valence-corrected chi connectivity index (χ2v) is 5.10. The van der Waals surface area contributed by atoms with E-state index in [-0.39, 0.29) is 0 Å². The summed E-state index contributed by atoms with van der Waals surface area (Å²) < 4.78 is 0. The van der Waals surface area contributed by atoms with Crippen LogP contribution < -0.4 is 11.1 Å². The summed E-state index contributed by atoms with van der Waals surface area (Å²) in [6.45, 7) is 5.93. The maximum absolute atomic E-state index is 12.1. The van der Waals surface area contributed by atoms with Crippen molar-refractivity contribution in [3.8, 4) is 0 Å². The highest BCUT2D eigenvalue weighted by atomic mass is 16.2. The number of nitrogens with zero attached hydrogens (tertiary/aromatic N) is 3. The van der Waals surface area contributed by atoms with Gasteiger partial charge in [0.15, 0.2) is 0 Å². The van der Waals surface area contributed by atoms with Crippen LogP contribution >= 0.6 is 0 Å². The fraction of sp³-hybridized carbons (Fsp3) is 0.500. The Morgan fingerprint density at radius 1 is 1.29 bits per heavy atom. The molecule has 0 aromatic carbocycles. The Morgan fingerprint density at radius 3 is 2.57 bits per heavy atom. The average Bonchev–Trinajstić information content (AvgIpc) is 2.50. The van der Waals surface area contributed by atoms with Gasteiger partial charge in [-0.3, -0.25) is 14.5 Å². The highest BCUT2D eigenvalue weighted by Crippen LogP contribution is 2.06. The molecule has 2 heterocycles. The van der Waals surface area contributed by atoms with Gasteiger partial charge in [-0.1, -0.05) is 6.07 Å². The number of hydrogen-bond donors (Lipinski definition) is 2. The Labute approximate surface area is 124 Å². The van der Waals surface area contributed by atoms with Gasteiger partial charge >= 0.3 is 11.8 Å². The van der Waals surface area contributed by atoms with E-state index in [0.29, 0.717) is 25.5 Å². The number of pyridine rings is 1. The van der Waals surface area contributed by atoms with Crippen molar-refractivity contribution >= 4 is 17.6 Å². The molecular weight excluding hydrogens is 270 g/mol. The highest BCUT2D eigenvalue weighted by molar-refractivity contribution is 6.39. The molecule has 1 aliphatic heterocycles. The molecule has 114 valence electrons. The summed E-state index contributed by atoms with van der Waals surface area (Å²) in [6.07, 6.45) is 1.64. The zero-order chi connectivity index (χ0) is 15.2. The van der Waals surface area contributed by atoms with Crippen molar-refractivity contribution in [1.29, 1.82) is 0 Å². The summed E-state index contributed by atoms with van der Waals surface area (Å²) >= 11 is 0. The van der Waals surface area contributed by atoms with Crippen molar-refractivity contribution in [3.63, 3.8) is 0 Å². The van der Waals surface area contributed by atoms with E-state index in [1.54, 1.807) is 17.2 Å². The lowest BCUT2D eigenvalue weighted by Crippen LogP contribution is -2.52. The molecule has 1 aromatic rings. The predicted octanol–water partition coefficient (Wildman–Crippen LogP) is -0.569. The third-order valence-electron chi connectivity index (χ3n) is 3.45. The minimum atomic E-state index is -0.640. The molecule has 0 radical (unpaired) electrons. The molecule has 0 unspecified atom stereocenters. The van der Waals surface area contributed by atoms with Crippen LogP contribution in [0, 0.1) is 6.92 Å². The average molecular weight is 291 g/mol. The van der Waals surface area contributed by atoms with Crippen LogP contribution in [-0.2, 0) is 9.59 Å². The number of carbonyl (C=O) groups is 2. The maximum Gasteiger partial charge on any atom is 0.315 e. The van der Waals surface area contributed by atoms with E-state index in [1.165, 1.54) is 0 Å². The first-order valence-electron chi connectivity index (χ1n) is 7.05. The van der Waals surface area contributed by atoms with Crippen molar-refractivity contribution in [2.45, 2.75) is 6.92 Å². The summed E-state index contributed by atoms with van der Waals surface area (Å²) in [6, 6.07) is 3.51. The zero-order valence-corrected chi connectivity index (χ0v) is 12.2. The summed E-state index contributed by atoms with van der Waals surface area (Å²) in [4.78, 5) is 31.8. The van der Waals surface area contributed by atoms with Crippen molar-refractivity contribution in [2.75, 3.05) is 44.6 Å². The van der Waals surface area contributed by atoms with Crippen LogP contribution in [0.3, 0.4) is 0 Å². The lowest BCUT2D eigenvalue weighted by Gasteiger charge is -2.33. The molecule has 21 heavy (non-hydrogen) atoms. The highest BCUT2D eigenvalue weighted by Gasteiger charge is 2.25. The number of rotatable bonds is 3. The van der Waals surface area contributed by atoms with E-state index >= 15 is 0 Å². The number of anilines is 1. The standard InChI is InChI=1S/C14H21N5O2/c1-11-2-3-12(16-10-11)17-13(20)14(21)19-8-6-18(5-4-15)7-9-19/h2-3,10H,4-9,15H2,1H3,(H,16,17,20). The number of nitrogens with one attached hydrogen (secondary N) is 1. The Hall–Kier alpha value is -1.99. The molecule has 0 saturated carbocycles. The molecule has 1 saturated heterocycles. The van der Waals surface area contributed by atoms with Crippen molar-refractivity contribution in [1.82, 2.24) is 14.8 Å². The second kappa shape index (κ2) is 7.14. The fourth-order valence-corrected chi connectivity index (χ4v) is 2.21. The Kier molecular flexibility index (Phi) is 5.24. The molecule has 0 aliphatic carbocycles. The van der Waals surface area contributed by atoms with Gasteiger partial charge in [-0.25, -0.2) is 4.98 Å². The van der Waals surface area contributed by atoms with E-state index in [4.69, 9.17) is 5.73 Å². The summed E-state index contributed by atoms with van der Waals surface area (Å²) in [5, 5.41) is 2.53. The van der Waals surface area contributed by atoms with Crippen LogP contribution in [0.15, 0.2) is 18.3 Å². The molecule has 2 rings (SSSR count). The molecular formula is C14H21N5O2. The van der Waals surface area contributed by atoms with Gasteiger partial charge in [0, 0.05) is 45.5 Å². The minimum absolute atomic E-state index is 0.390. The topological polar surface area (TPSA) is 91.6 Å². The van der Waals surface area contributed by atoms with Crippen LogP contribution in [0.5, 0.6) is 0 Å². The number of hydrogen-bond acceptors (Lipinski definition) is 5. The van der Waals surface area contributed by atoms with Crippen LogP contribution in [0.4, 0.5) is 5.82 Å². The lowest BCUT2D eigenvalue weighted by atomic mass is 10.3. The molecule has 0 spiro atoms. The van der Waals surface area contributed by atoms with Gasteiger partial charge in [0.25, 0.3) is 0 Å². The van der Waals surface area contributed by atoms with Gasteiger partial charge in [-0.05, 0) is 18.6 Å². The quantitative estimate of drug-likeness (QED) is 0.728. The second-order valence-electron chi connectivity index (χ2n) is 5.10. The van der Waals surface area contributed by atoms with Gasteiger partial charge in [-0.15, -0.1) is 0 Å². The minimum Gasteiger partial charge on any atom is -0.332 e. The Bertz CT molecular complexity index is 495. The molecule has 3 N–H and O–H groups in total. The molecule has 2 amide bonds. The number of aromatic nitrogens is 1. The molecule has 0 atom stereocenters. The van der Waals surface area contributed by atoms with Crippen molar-refractivity contribution in [2.24, 2.45) is 5.73 Å². The summed E-state index contributed by atoms with van der Waals surface area (Å²) in [5.74, 6) is -0.760. The van der Waals surface area contributed by atoms with E-state index in [1.807, 2.05) is 13.0 Å². The fourth-order valence-electron chi connectivity index (χ4n) is 2.21. The van der Waals surface area contributed by atoms with Crippen LogP contribution in [0.25, 0.3) is 0 Å². The third-order valence-corrected chi connectivity index (χ3v) is 3.45. The molecule has 1 aromatic heterocycles. The van der Waals surface area contributed by atoms with Crippen molar-refractivity contribution < 1.29 is 9.59 Å². The first-order valence-corrected chi connectivity index (χ1v) is 7.05. The molecule has 1 aliphatic rings. The van der Waals surface area contributed by atoms with E-state index in [2.05, 4.69) is 15.2 Å². The first-order chi connectivity index (χ1) is 10.1. The van der Waals surface area contributed by atoms with E-state index in [9.17, 15) is 9.59 Å². The summed E-state index contributed by atoms with van der Waals surface area (Å²) in [5.41, 5.74) is 6.50. The van der Waals surface area contributed by atoms with E-state index < -0.39 is 11.8 Å². The van der Waals surface area contributed by atoms with Gasteiger partial charge in [0.1, 0.15) is 5.82 Å². The molecule has 7 nitrogen and oxygen atoms in total. The number of aryl methyl sites for hydroxylation is 1. The Balaban J connectivity index is 1.85. The zero-order valence-electron chi connectivity index (χ0n) is 12.2.